The van der Waals surface area contributed by atoms with Gasteiger partial charge in [-0.15, -0.1) is 0 Å². The largest absolute Gasteiger partial charge is 0.360 e. The summed E-state index contributed by atoms with van der Waals surface area (Å²) in [6.45, 7) is 3.12. The lowest BCUT2D eigenvalue weighted by molar-refractivity contribution is 0.387. The molecule has 3 heterocycles. The molecule has 0 saturated heterocycles. The predicted molar refractivity (Wildman–Crippen MR) is 74.9 cm³/mol. The maximum absolute atomic E-state index is 5.02. The lowest BCUT2D eigenvalue weighted by Gasteiger charge is -2.08. The number of aromatic nitrogens is 6. The maximum Gasteiger partial charge on any atom is 0.257 e. The van der Waals surface area contributed by atoms with Gasteiger partial charge in [-0.3, -0.25) is 0 Å². The summed E-state index contributed by atoms with van der Waals surface area (Å²) in [5, 5.41) is 13.9. The SMILES string of the molecule is CCNc1nc(NCc2ccno2)nc(-n2cccn2)n1. The van der Waals surface area contributed by atoms with E-state index in [2.05, 4.69) is 35.8 Å². The van der Waals surface area contributed by atoms with Gasteiger partial charge in [-0.25, -0.2) is 4.68 Å². The monoisotopic (exact) mass is 286 g/mol. The number of hydrogen-bond acceptors (Lipinski definition) is 8. The molecule has 0 saturated carbocycles. The van der Waals surface area contributed by atoms with E-state index in [-0.39, 0.29) is 0 Å². The molecular formula is C12H14N8O. The third-order valence-corrected chi connectivity index (χ3v) is 2.58. The molecule has 21 heavy (non-hydrogen) atoms. The van der Waals surface area contributed by atoms with Crippen LogP contribution >= 0.6 is 0 Å². The highest BCUT2D eigenvalue weighted by atomic mass is 16.5. The van der Waals surface area contributed by atoms with Crippen molar-refractivity contribution in [2.45, 2.75) is 13.5 Å². The summed E-state index contributed by atoms with van der Waals surface area (Å²) in [5.74, 6) is 2.05. The highest BCUT2D eigenvalue weighted by molar-refractivity contribution is 5.37. The first-order valence-electron chi connectivity index (χ1n) is 6.48. The van der Waals surface area contributed by atoms with Gasteiger partial charge < -0.3 is 15.2 Å². The second kappa shape index (κ2) is 5.99. The molecule has 0 aliphatic heterocycles. The summed E-state index contributed by atoms with van der Waals surface area (Å²) < 4.78 is 6.59. The van der Waals surface area contributed by atoms with Gasteiger partial charge in [0.2, 0.25) is 11.9 Å². The van der Waals surface area contributed by atoms with Crippen molar-refractivity contribution in [3.63, 3.8) is 0 Å². The standard InChI is InChI=1S/C12H14N8O/c1-2-13-10-17-11(14-8-9-4-6-16-21-9)19-12(18-10)20-7-3-5-15-20/h3-7H,2,8H2,1H3,(H2,13,14,17,18,19). The van der Waals surface area contributed by atoms with Gasteiger partial charge in [0.05, 0.1) is 12.7 Å². The van der Waals surface area contributed by atoms with Gasteiger partial charge >= 0.3 is 0 Å². The van der Waals surface area contributed by atoms with Crippen molar-refractivity contribution in [1.82, 2.24) is 29.9 Å². The summed E-state index contributed by atoms with van der Waals surface area (Å²) in [7, 11) is 0. The van der Waals surface area contributed by atoms with Crippen molar-refractivity contribution in [2.75, 3.05) is 17.2 Å². The van der Waals surface area contributed by atoms with Crippen LogP contribution in [-0.2, 0) is 6.54 Å². The Kier molecular flexibility index (Phi) is 3.72. The van der Waals surface area contributed by atoms with E-state index in [1.54, 1.807) is 35.4 Å². The minimum atomic E-state index is 0.433. The molecule has 3 aromatic rings. The van der Waals surface area contributed by atoms with Gasteiger partial charge in [-0.1, -0.05) is 5.16 Å². The van der Waals surface area contributed by atoms with Crippen LogP contribution in [-0.4, -0.2) is 36.4 Å². The molecule has 3 aromatic heterocycles. The molecule has 9 nitrogen and oxygen atoms in total. The van der Waals surface area contributed by atoms with Crippen molar-refractivity contribution in [2.24, 2.45) is 0 Å². The fourth-order valence-corrected chi connectivity index (χ4v) is 1.67. The van der Waals surface area contributed by atoms with E-state index in [0.29, 0.717) is 36.7 Å². The van der Waals surface area contributed by atoms with Crippen LogP contribution < -0.4 is 10.6 Å². The van der Waals surface area contributed by atoms with Crippen LogP contribution in [0.4, 0.5) is 11.9 Å². The zero-order valence-corrected chi connectivity index (χ0v) is 11.4. The fourth-order valence-electron chi connectivity index (χ4n) is 1.67. The van der Waals surface area contributed by atoms with Gasteiger partial charge in [0, 0.05) is 25.0 Å². The lowest BCUT2D eigenvalue weighted by atomic mass is 10.4. The van der Waals surface area contributed by atoms with E-state index in [1.807, 2.05) is 6.92 Å². The number of rotatable bonds is 6. The number of anilines is 2. The Bertz CT molecular complexity index is 679. The van der Waals surface area contributed by atoms with Gasteiger partial charge in [0.15, 0.2) is 5.76 Å². The van der Waals surface area contributed by atoms with E-state index < -0.39 is 0 Å². The van der Waals surface area contributed by atoms with Gasteiger partial charge in [0.25, 0.3) is 5.95 Å². The molecule has 0 aliphatic carbocycles. The Hall–Kier alpha value is -2.97. The maximum atomic E-state index is 5.02. The summed E-state index contributed by atoms with van der Waals surface area (Å²) in [4.78, 5) is 12.9. The van der Waals surface area contributed by atoms with Gasteiger partial charge in [-0.2, -0.15) is 20.1 Å². The van der Waals surface area contributed by atoms with E-state index in [1.165, 1.54) is 0 Å². The van der Waals surface area contributed by atoms with Crippen LogP contribution in [0.5, 0.6) is 0 Å². The van der Waals surface area contributed by atoms with E-state index >= 15 is 0 Å². The van der Waals surface area contributed by atoms with Gasteiger partial charge in [0.1, 0.15) is 0 Å². The molecule has 3 rings (SSSR count). The number of nitrogens with one attached hydrogen (secondary N) is 2. The molecule has 2 N–H and O–H groups in total. The third kappa shape index (κ3) is 3.14. The summed E-state index contributed by atoms with van der Waals surface area (Å²) >= 11 is 0. The normalized spacial score (nSPS) is 10.5. The summed E-state index contributed by atoms with van der Waals surface area (Å²) in [6.07, 6.45) is 5.02. The molecule has 0 aromatic carbocycles. The quantitative estimate of drug-likeness (QED) is 0.693. The Balaban J connectivity index is 1.84. The Morgan fingerprint density at radius 3 is 2.67 bits per heavy atom. The number of hydrogen-bond donors (Lipinski definition) is 2. The van der Waals surface area contributed by atoms with E-state index in [9.17, 15) is 0 Å². The molecular weight excluding hydrogens is 272 g/mol. The van der Waals surface area contributed by atoms with Crippen molar-refractivity contribution in [3.8, 4) is 5.95 Å². The van der Waals surface area contributed by atoms with Crippen LogP contribution in [0.1, 0.15) is 12.7 Å². The zero-order valence-electron chi connectivity index (χ0n) is 11.4. The van der Waals surface area contributed by atoms with E-state index in [4.69, 9.17) is 4.52 Å². The van der Waals surface area contributed by atoms with Crippen LogP contribution in [0.3, 0.4) is 0 Å². The molecule has 9 heteroatoms. The fraction of sp³-hybridized carbons (Fsp3) is 0.250. The lowest BCUT2D eigenvalue weighted by Crippen LogP contribution is -2.12. The van der Waals surface area contributed by atoms with Crippen molar-refractivity contribution >= 4 is 11.9 Å². The molecule has 108 valence electrons. The molecule has 0 radical (unpaired) electrons. The molecule has 0 fully saturated rings. The molecule has 0 spiro atoms. The smallest absolute Gasteiger partial charge is 0.257 e. The van der Waals surface area contributed by atoms with Crippen molar-refractivity contribution in [3.05, 3.63) is 36.5 Å². The predicted octanol–water partition coefficient (Wildman–Crippen LogP) is 1.09. The zero-order chi connectivity index (χ0) is 14.5. The van der Waals surface area contributed by atoms with Crippen LogP contribution in [0.15, 0.2) is 35.2 Å². The molecule has 0 aliphatic rings. The first-order chi connectivity index (χ1) is 10.3. The second-order valence-electron chi connectivity index (χ2n) is 4.10. The average Bonchev–Trinajstić information content (AvgIpc) is 3.19. The average molecular weight is 286 g/mol. The Morgan fingerprint density at radius 2 is 2.00 bits per heavy atom. The third-order valence-electron chi connectivity index (χ3n) is 2.58. The van der Waals surface area contributed by atoms with Crippen molar-refractivity contribution < 1.29 is 4.52 Å². The van der Waals surface area contributed by atoms with Crippen LogP contribution in [0, 0.1) is 0 Å². The molecule has 0 amide bonds. The molecule has 0 bridgehead atoms. The number of nitrogens with zero attached hydrogens (tertiary/aromatic N) is 6. The minimum Gasteiger partial charge on any atom is -0.360 e. The van der Waals surface area contributed by atoms with Crippen LogP contribution in [0.25, 0.3) is 5.95 Å². The first kappa shape index (κ1) is 13.0. The van der Waals surface area contributed by atoms with Crippen molar-refractivity contribution in [1.29, 1.82) is 0 Å². The van der Waals surface area contributed by atoms with E-state index in [0.717, 1.165) is 0 Å². The van der Waals surface area contributed by atoms with Gasteiger partial charge in [-0.05, 0) is 13.0 Å². The highest BCUT2D eigenvalue weighted by Gasteiger charge is 2.08. The summed E-state index contributed by atoms with van der Waals surface area (Å²) in [6, 6.07) is 3.58. The Labute approximate surface area is 120 Å². The first-order valence-corrected chi connectivity index (χ1v) is 6.48. The minimum absolute atomic E-state index is 0.433. The Morgan fingerprint density at radius 1 is 1.14 bits per heavy atom. The summed E-state index contributed by atoms with van der Waals surface area (Å²) in [5.41, 5.74) is 0. The topological polar surface area (TPSA) is 107 Å². The van der Waals surface area contributed by atoms with Crippen LogP contribution in [0.2, 0.25) is 0 Å². The highest BCUT2D eigenvalue weighted by Crippen LogP contribution is 2.10. The molecule has 0 unspecified atom stereocenters. The molecule has 0 atom stereocenters. The second-order valence-corrected chi connectivity index (χ2v) is 4.10.